The first-order valence-corrected chi connectivity index (χ1v) is 10.3. The van der Waals surface area contributed by atoms with E-state index < -0.39 is 7.82 Å². The summed E-state index contributed by atoms with van der Waals surface area (Å²) in [6.45, 7) is 0. The lowest BCUT2D eigenvalue weighted by Gasteiger charge is -2.20. The average molecular weight is 484 g/mol. The third kappa shape index (κ3) is 5.11. The molecule has 0 aromatic heterocycles. The topological polar surface area (TPSA) is 44.8 Å². The molecule has 3 aromatic rings. The Labute approximate surface area is 162 Å². The Bertz CT molecular complexity index is 843. The van der Waals surface area contributed by atoms with Gasteiger partial charge in [0, 0.05) is 4.47 Å². The summed E-state index contributed by atoms with van der Waals surface area (Å²) < 4.78 is 31.5. The Morgan fingerprint density at radius 1 is 0.680 bits per heavy atom. The van der Waals surface area contributed by atoms with Crippen molar-refractivity contribution in [1.82, 2.24) is 0 Å². The van der Waals surface area contributed by atoms with Crippen LogP contribution in [-0.4, -0.2) is 0 Å². The van der Waals surface area contributed by atoms with Crippen molar-refractivity contribution in [2.24, 2.45) is 0 Å². The van der Waals surface area contributed by atoms with Gasteiger partial charge in [0.15, 0.2) is 0 Å². The predicted molar refractivity (Wildman–Crippen MR) is 104 cm³/mol. The van der Waals surface area contributed by atoms with Gasteiger partial charge in [-0.05, 0) is 58.4 Å². The minimum Gasteiger partial charge on any atom is -0.386 e. The fraction of sp³-hybridized carbons (Fsp3) is 0. The second-order valence-electron chi connectivity index (χ2n) is 4.92. The van der Waals surface area contributed by atoms with Crippen molar-refractivity contribution in [2.45, 2.75) is 0 Å². The quantitative estimate of drug-likeness (QED) is 0.359. The van der Waals surface area contributed by atoms with Gasteiger partial charge in [-0.25, -0.2) is 0 Å². The van der Waals surface area contributed by atoms with Gasteiger partial charge in [0.2, 0.25) is 0 Å². The fourth-order valence-electron chi connectivity index (χ4n) is 1.95. The zero-order valence-electron chi connectivity index (χ0n) is 12.8. The van der Waals surface area contributed by atoms with Crippen molar-refractivity contribution in [3.63, 3.8) is 0 Å². The van der Waals surface area contributed by atoms with E-state index in [9.17, 15) is 4.57 Å². The number of hydrogen-bond acceptors (Lipinski definition) is 4. The van der Waals surface area contributed by atoms with Gasteiger partial charge in [-0.1, -0.05) is 52.3 Å². The molecule has 0 radical (unpaired) electrons. The van der Waals surface area contributed by atoms with Crippen LogP contribution in [0.25, 0.3) is 0 Å². The maximum absolute atomic E-state index is 13.3. The molecular formula is C18H13Br2O4P. The van der Waals surface area contributed by atoms with Crippen LogP contribution in [0.4, 0.5) is 0 Å². The number of hydrogen-bond donors (Lipinski definition) is 0. The molecule has 0 aliphatic carbocycles. The second kappa shape index (κ2) is 8.09. The molecule has 128 valence electrons. The largest absolute Gasteiger partial charge is 0.647 e. The van der Waals surface area contributed by atoms with E-state index in [-0.39, 0.29) is 0 Å². The lowest BCUT2D eigenvalue weighted by Crippen LogP contribution is -2.07. The van der Waals surface area contributed by atoms with Crippen LogP contribution in [0, 0.1) is 0 Å². The highest BCUT2D eigenvalue weighted by Gasteiger charge is 2.33. The molecule has 4 nitrogen and oxygen atoms in total. The van der Waals surface area contributed by atoms with Crippen LogP contribution in [-0.2, 0) is 4.57 Å². The first-order valence-electron chi connectivity index (χ1n) is 7.28. The molecule has 0 saturated heterocycles. The molecule has 7 heteroatoms. The molecule has 3 aromatic carbocycles. The number of benzene rings is 3. The molecule has 0 bridgehead atoms. The molecule has 0 heterocycles. The number of phosphoric acid groups is 1. The van der Waals surface area contributed by atoms with Crippen molar-refractivity contribution in [3.8, 4) is 17.2 Å². The van der Waals surface area contributed by atoms with Gasteiger partial charge < -0.3 is 13.6 Å². The van der Waals surface area contributed by atoms with Crippen molar-refractivity contribution in [3.05, 3.63) is 87.8 Å². The molecule has 0 amide bonds. The second-order valence-corrected chi connectivity index (χ2v) is 8.13. The number of rotatable bonds is 6. The Hall–Kier alpha value is -1.75. The van der Waals surface area contributed by atoms with Crippen LogP contribution in [0.1, 0.15) is 0 Å². The van der Waals surface area contributed by atoms with Gasteiger partial charge in [0.25, 0.3) is 0 Å². The number of para-hydroxylation sites is 2. The van der Waals surface area contributed by atoms with E-state index in [1.807, 2.05) is 12.1 Å². The molecule has 3 rings (SSSR count). The van der Waals surface area contributed by atoms with Crippen molar-refractivity contribution in [1.29, 1.82) is 0 Å². The predicted octanol–water partition coefficient (Wildman–Crippen LogP) is 6.86. The molecule has 0 saturated carbocycles. The SMILES string of the molecule is O=P(Oc1ccccc1)(Oc1ccccc1)Oc1ccc(Br)cc1Br. The van der Waals surface area contributed by atoms with Gasteiger partial charge in [0.1, 0.15) is 17.2 Å². The van der Waals surface area contributed by atoms with Gasteiger partial charge in [-0.3, -0.25) is 0 Å². The van der Waals surface area contributed by atoms with Crippen molar-refractivity contribution < 1.29 is 18.1 Å². The average Bonchev–Trinajstić information content (AvgIpc) is 2.59. The first-order chi connectivity index (χ1) is 12.0. The summed E-state index contributed by atoms with van der Waals surface area (Å²) in [4.78, 5) is 0. The highest BCUT2D eigenvalue weighted by molar-refractivity contribution is 9.11. The summed E-state index contributed by atoms with van der Waals surface area (Å²) in [6, 6.07) is 22.7. The molecule has 0 fully saturated rings. The summed E-state index contributed by atoms with van der Waals surface area (Å²) in [6.07, 6.45) is 0. The van der Waals surface area contributed by atoms with Crippen LogP contribution in [0.2, 0.25) is 0 Å². The summed E-state index contributed by atoms with van der Waals surface area (Å²) in [5.41, 5.74) is 0. The highest BCUT2D eigenvalue weighted by Crippen LogP contribution is 2.51. The standard InChI is InChI=1S/C18H13Br2O4P/c19-14-11-12-18(17(20)13-14)24-25(21,22-15-7-3-1-4-8-15)23-16-9-5-2-6-10-16/h1-13H. The van der Waals surface area contributed by atoms with Crippen LogP contribution in [0.5, 0.6) is 17.2 Å². The fourth-order valence-corrected chi connectivity index (χ4v) is 4.47. The molecule has 0 spiro atoms. The van der Waals surface area contributed by atoms with Crippen LogP contribution < -0.4 is 13.6 Å². The lowest BCUT2D eigenvalue weighted by atomic mass is 10.3. The molecule has 25 heavy (non-hydrogen) atoms. The van der Waals surface area contributed by atoms with Gasteiger partial charge in [0.05, 0.1) is 4.47 Å². The monoisotopic (exact) mass is 482 g/mol. The normalized spacial score (nSPS) is 11.0. The Morgan fingerprint density at radius 2 is 1.20 bits per heavy atom. The molecule has 0 N–H and O–H groups in total. The van der Waals surface area contributed by atoms with E-state index in [0.717, 1.165) is 4.47 Å². The minimum atomic E-state index is -3.97. The van der Waals surface area contributed by atoms with E-state index in [1.165, 1.54) is 0 Å². The molecule has 0 aliphatic rings. The maximum Gasteiger partial charge on any atom is 0.647 e. The lowest BCUT2D eigenvalue weighted by molar-refractivity contribution is 0.298. The van der Waals surface area contributed by atoms with E-state index >= 15 is 0 Å². The molecular weight excluding hydrogens is 471 g/mol. The molecule has 0 aliphatic heterocycles. The third-order valence-electron chi connectivity index (χ3n) is 3.02. The zero-order valence-corrected chi connectivity index (χ0v) is 16.9. The minimum absolute atomic E-state index is 0.346. The van der Waals surface area contributed by atoms with Gasteiger partial charge in [-0.2, -0.15) is 4.57 Å². The van der Waals surface area contributed by atoms with E-state index in [0.29, 0.717) is 21.7 Å². The number of phosphoric ester groups is 1. The Morgan fingerprint density at radius 3 is 1.68 bits per heavy atom. The Kier molecular flexibility index (Phi) is 5.84. The van der Waals surface area contributed by atoms with Crippen molar-refractivity contribution in [2.75, 3.05) is 0 Å². The summed E-state index contributed by atoms with van der Waals surface area (Å²) >= 11 is 6.75. The van der Waals surface area contributed by atoms with E-state index in [4.69, 9.17) is 13.6 Å². The molecule has 0 atom stereocenters. The van der Waals surface area contributed by atoms with Crippen LogP contribution >= 0.6 is 39.7 Å². The first kappa shape index (κ1) is 18.1. The van der Waals surface area contributed by atoms with Gasteiger partial charge in [-0.15, -0.1) is 0 Å². The van der Waals surface area contributed by atoms with Crippen molar-refractivity contribution >= 4 is 39.7 Å². The number of halogens is 2. The molecule has 0 unspecified atom stereocenters. The summed E-state index contributed by atoms with van der Waals surface area (Å²) in [7, 11) is -3.97. The van der Waals surface area contributed by atoms with E-state index in [1.54, 1.807) is 66.7 Å². The summed E-state index contributed by atoms with van der Waals surface area (Å²) in [5.74, 6) is 1.11. The van der Waals surface area contributed by atoms with Gasteiger partial charge >= 0.3 is 7.82 Å². The van der Waals surface area contributed by atoms with E-state index in [2.05, 4.69) is 31.9 Å². The third-order valence-corrected chi connectivity index (χ3v) is 5.43. The maximum atomic E-state index is 13.3. The summed E-state index contributed by atoms with van der Waals surface area (Å²) in [5, 5.41) is 0. The highest BCUT2D eigenvalue weighted by atomic mass is 79.9. The Balaban J connectivity index is 1.91. The zero-order chi connectivity index (χ0) is 17.7. The smallest absolute Gasteiger partial charge is 0.386 e. The van der Waals surface area contributed by atoms with Crippen LogP contribution in [0.15, 0.2) is 87.8 Å². The van der Waals surface area contributed by atoms with Crippen LogP contribution in [0.3, 0.4) is 0 Å².